The summed E-state index contributed by atoms with van der Waals surface area (Å²) in [6, 6.07) is 20.5. The fourth-order valence-corrected chi connectivity index (χ4v) is 5.70. The largest absolute Gasteiger partial charge is 0.481 e. The number of carbonyl (C=O) groups is 2. The van der Waals surface area contributed by atoms with Gasteiger partial charge in [0.1, 0.15) is 5.37 Å². The third kappa shape index (κ3) is 4.54. The van der Waals surface area contributed by atoms with Gasteiger partial charge < -0.3 is 14.9 Å². The number of carbonyl (C=O) groups excluding carboxylic acids is 1. The molecule has 5 nitrogen and oxygen atoms in total. The molecule has 2 aliphatic heterocycles. The number of urea groups is 1. The zero-order chi connectivity index (χ0) is 20.9. The lowest BCUT2D eigenvalue weighted by Gasteiger charge is -2.24. The molecule has 0 spiro atoms. The number of fused-ring (bicyclic) bond motifs is 1. The number of nitrogens with zero attached hydrogens (tertiary/aromatic N) is 2. The van der Waals surface area contributed by atoms with E-state index in [1.807, 2.05) is 58.0 Å². The van der Waals surface area contributed by atoms with Gasteiger partial charge in [0.05, 0.1) is 6.04 Å². The molecule has 2 aliphatic rings. The van der Waals surface area contributed by atoms with Crippen LogP contribution in [0, 0.1) is 0 Å². The summed E-state index contributed by atoms with van der Waals surface area (Å²) >= 11 is 1.81. The maximum atomic E-state index is 13.3. The van der Waals surface area contributed by atoms with Crippen LogP contribution in [0.15, 0.2) is 72.8 Å². The van der Waals surface area contributed by atoms with Crippen LogP contribution in [0.2, 0.25) is 0 Å². The average molecular weight is 423 g/mol. The van der Waals surface area contributed by atoms with Crippen LogP contribution in [0.1, 0.15) is 35.8 Å². The molecular formula is C24H26N2O3S. The van der Waals surface area contributed by atoms with E-state index in [0.29, 0.717) is 19.5 Å². The fourth-order valence-electron chi connectivity index (χ4n) is 4.11. The number of aliphatic carboxylic acids is 1. The summed E-state index contributed by atoms with van der Waals surface area (Å²) in [5, 5.41) is 9.01. The van der Waals surface area contributed by atoms with E-state index in [4.69, 9.17) is 5.11 Å². The van der Waals surface area contributed by atoms with Crippen LogP contribution in [-0.4, -0.2) is 44.7 Å². The number of allylic oxidation sites excluding steroid dienone is 1. The summed E-state index contributed by atoms with van der Waals surface area (Å²) in [6.45, 7) is 1.32. The summed E-state index contributed by atoms with van der Waals surface area (Å²) in [5.74, 6) is -0.757. The van der Waals surface area contributed by atoms with Crippen LogP contribution in [0.3, 0.4) is 0 Å². The summed E-state index contributed by atoms with van der Waals surface area (Å²) in [6.07, 6.45) is 5.82. The van der Waals surface area contributed by atoms with E-state index in [9.17, 15) is 9.59 Å². The second-order valence-corrected chi connectivity index (χ2v) is 8.96. The maximum absolute atomic E-state index is 13.3. The number of carboxylic acid groups (broad SMARTS) is 1. The molecule has 2 heterocycles. The Kier molecular flexibility index (Phi) is 6.43. The molecule has 1 N–H and O–H groups in total. The van der Waals surface area contributed by atoms with Crippen molar-refractivity contribution < 1.29 is 14.7 Å². The van der Waals surface area contributed by atoms with E-state index >= 15 is 0 Å². The highest BCUT2D eigenvalue weighted by atomic mass is 32.2. The van der Waals surface area contributed by atoms with E-state index in [2.05, 4.69) is 36.4 Å². The molecule has 0 saturated carbocycles. The van der Waals surface area contributed by atoms with Gasteiger partial charge in [0.2, 0.25) is 0 Å². The Balaban J connectivity index is 1.51. The Hall–Kier alpha value is -2.73. The van der Waals surface area contributed by atoms with Crippen LogP contribution in [0.5, 0.6) is 0 Å². The first kappa shape index (κ1) is 20.5. The molecule has 0 aliphatic carbocycles. The van der Waals surface area contributed by atoms with Gasteiger partial charge in [-0.15, -0.1) is 11.8 Å². The minimum Gasteiger partial charge on any atom is -0.481 e. The quantitative estimate of drug-likeness (QED) is 0.485. The lowest BCUT2D eigenvalue weighted by Crippen LogP contribution is -2.34. The smallest absolute Gasteiger partial charge is 0.321 e. The third-order valence-electron chi connectivity index (χ3n) is 5.56. The van der Waals surface area contributed by atoms with Gasteiger partial charge in [-0.3, -0.25) is 4.79 Å². The molecule has 0 bridgehead atoms. The standard InChI is InChI=1S/C24H26N2O3S/c27-22(28)15-9-3-8-14-21-20-17-25(16-18-10-4-1-5-11-18)24(29)26(20)23(30-21)19-12-6-2-7-13-19/h1-2,4-8,10-14,20-21,23H,3,9,15-17H2,(H,27,28)/t20-,21?,23?/m1/s1. The molecule has 156 valence electrons. The van der Waals surface area contributed by atoms with Gasteiger partial charge in [-0.25, -0.2) is 4.79 Å². The third-order valence-corrected chi connectivity index (χ3v) is 7.10. The molecule has 0 aromatic heterocycles. The zero-order valence-corrected chi connectivity index (χ0v) is 17.6. The van der Waals surface area contributed by atoms with E-state index in [1.165, 1.54) is 0 Å². The van der Waals surface area contributed by atoms with Crippen molar-refractivity contribution in [1.29, 1.82) is 0 Å². The average Bonchev–Trinajstić information content (AvgIpc) is 3.27. The first-order chi connectivity index (χ1) is 14.6. The molecule has 2 unspecified atom stereocenters. The topological polar surface area (TPSA) is 60.9 Å². The fraction of sp³-hybridized carbons (Fsp3) is 0.333. The normalized spacial score (nSPS) is 23.3. The second-order valence-electron chi connectivity index (χ2n) is 7.70. The number of unbranched alkanes of at least 4 members (excludes halogenated alkanes) is 1. The minimum absolute atomic E-state index is 0.00172. The number of thioether (sulfide) groups is 1. The van der Waals surface area contributed by atoms with Crippen molar-refractivity contribution in [2.75, 3.05) is 6.54 Å². The van der Waals surface area contributed by atoms with Crippen molar-refractivity contribution in [3.63, 3.8) is 0 Å². The van der Waals surface area contributed by atoms with E-state index in [1.54, 1.807) is 0 Å². The molecular weight excluding hydrogens is 396 g/mol. The number of hydrogen-bond donors (Lipinski definition) is 1. The molecule has 2 aromatic carbocycles. The van der Waals surface area contributed by atoms with Gasteiger partial charge in [0, 0.05) is 24.8 Å². The van der Waals surface area contributed by atoms with Crippen LogP contribution in [0.4, 0.5) is 4.79 Å². The van der Waals surface area contributed by atoms with Crippen LogP contribution >= 0.6 is 11.8 Å². The Labute approximate surface area is 181 Å². The molecule has 2 aromatic rings. The molecule has 3 atom stereocenters. The highest BCUT2D eigenvalue weighted by molar-refractivity contribution is 8.00. The van der Waals surface area contributed by atoms with Gasteiger partial charge in [0.15, 0.2) is 0 Å². The minimum atomic E-state index is -0.757. The van der Waals surface area contributed by atoms with E-state index < -0.39 is 5.97 Å². The summed E-state index contributed by atoms with van der Waals surface area (Å²) in [5.41, 5.74) is 2.28. The number of rotatable bonds is 8. The van der Waals surface area contributed by atoms with Gasteiger partial charge in [-0.05, 0) is 24.0 Å². The molecule has 4 rings (SSSR count). The maximum Gasteiger partial charge on any atom is 0.321 e. The Bertz CT molecular complexity index is 903. The van der Waals surface area contributed by atoms with Crippen molar-refractivity contribution in [3.8, 4) is 0 Å². The van der Waals surface area contributed by atoms with Crippen molar-refractivity contribution in [1.82, 2.24) is 9.80 Å². The molecule has 2 saturated heterocycles. The monoisotopic (exact) mass is 422 g/mol. The van der Waals surface area contributed by atoms with Gasteiger partial charge >= 0.3 is 12.0 Å². The van der Waals surface area contributed by atoms with Gasteiger partial charge in [0.25, 0.3) is 0 Å². The van der Waals surface area contributed by atoms with Crippen LogP contribution < -0.4 is 0 Å². The summed E-state index contributed by atoms with van der Waals surface area (Å²) < 4.78 is 0. The first-order valence-corrected chi connectivity index (χ1v) is 11.3. The number of amides is 2. The van der Waals surface area contributed by atoms with Gasteiger partial charge in [-0.1, -0.05) is 72.8 Å². The van der Waals surface area contributed by atoms with E-state index in [-0.39, 0.29) is 29.1 Å². The second kappa shape index (κ2) is 9.39. The Morgan fingerprint density at radius 3 is 2.50 bits per heavy atom. The van der Waals surface area contributed by atoms with E-state index in [0.717, 1.165) is 17.5 Å². The van der Waals surface area contributed by atoms with Crippen molar-refractivity contribution in [3.05, 3.63) is 83.9 Å². The Morgan fingerprint density at radius 1 is 1.10 bits per heavy atom. The predicted octanol–water partition coefficient (Wildman–Crippen LogP) is 4.92. The molecule has 0 radical (unpaired) electrons. The zero-order valence-electron chi connectivity index (χ0n) is 16.8. The Morgan fingerprint density at radius 2 is 1.80 bits per heavy atom. The highest BCUT2D eigenvalue weighted by Crippen LogP contribution is 2.49. The molecule has 2 fully saturated rings. The van der Waals surface area contributed by atoms with Crippen LogP contribution in [-0.2, 0) is 11.3 Å². The van der Waals surface area contributed by atoms with Crippen LogP contribution in [0.25, 0.3) is 0 Å². The summed E-state index contributed by atoms with van der Waals surface area (Å²) in [4.78, 5) is 28.0. The molecule has 30 heavy (non-hydrogen) atoms. The number of hydrogen-bond acceptors (Lipinski definition) is 3. The summed E-state index contributed by atoms with van der Waals surface area (Å²) in [7, 11) is 0. The van der Waals surface area contributed by atoms with Crippen molar-refractivity contribution >= 4 is 23.8 Å². The highest BCUT2D eigenvalue weighted by Gasteiger charge is 2.50. The SMILES string of the molecule is O=C(O)CCCC=CC1SC(c2ccccc2)N2C(=O)N(Cc3ccccc3)C[C@H]12. The predicted molar refractivity (Wildman–Crippen MR) is 119 cm³/mol. The lowest BCUT2D eigenvalue weighted by molar-refractivity contribution is -0.137. The first-order valence-electron chi connectivity index (χ1n) is 10.3. The number of carboxylic acids is 1. The van der Waals surface area contributed by atoms with Crippen molar-refractivity contribution in [2.24, 2.45) is 0 Å². The van der Waals surface area contributed by atoms with Gasteiger partial charge in [-0.2, -0.15) is 0 Å². The lowest BCUT2D eigenvalue weighted by atomic mass is 10.1. The molecule has 2 amide bonds. The number of benzene rings is 2. The van der Waals surface area contributed by atoms with Crippen molar-refractivity contribution in [2.45, 2.75) is 42.5 Å². The molecule has 6 heteroatoms.